The molecular formula is C13H20. The maximum atomic E-state index is 4.05. The lowest BCUT2D eigenvalue weighted by Gasteiger charge is -2.12. The minimum absolute atomic E-state index is 0. The molecule has 0 amide bonds. The van der Waals surface area contributed by atoms with Crippen LogP contribution in [0.2, 0.25) is 0 Å². The first-order valence-corrected chi connectivity index (χ1v) is 4.48. The predicted octanol–water partition coefficient (Wildman–Crippen LogP) is 4.39. The summed E-state index contributed by atoms with van der Waals surface area (Å²) in [6.45, 7) is 8.41. The molecule has 1 rings (SSSR count). The Morgan fingerprint density at radius 2 is 1.85 bits per heavy atom. The smallest absolute Gasteiger partial charge is 0.00170 e. The molecule has 0 aliphatic carbocycles. The maximum Gasteiger partial charge on any atom is 0.00170 e. The molecule has 0 heterocycles. The molecule has 0 radical (unpaired) electrons. The summed E-state index contributed by atoms with van der Waals surface area (Å²) < 4.78 is 0. The van der Waals surface area contributed by atoms with Gasteiger partial charge in [0, 0.05) is 5.92 Å². The Labute approximate surface area is 82.3 Å². The molecule has 1 atom stereocenters. The number of rotatable bonds is 3. The second-order valence-corrected chi connectivity index (χ2v) is 3.14. The molecule has 0 saturated heterocycles. The highest BCUT2D eigenvalue weighted by Crippen LogP contribution is 2.23. The zero-order valence-corrected chi connectivity index (χ0v) is 7.88. The number of hydrogen-bond acceptors (Lipinski definition) is 0. The fourth-order valence-electron chi connectivity index (χ4n) is 1.28. The quantitative estimate of drug-likeness (QED) is 0.599. The first-order valence-electron chi connectivity index (χ1n) is 4.48. The molecule has 0 aromatic heterocycles. The van der Waals surface area contributed by atoms with E-state index in [4.69, 9.17) is 0 Å². The van der Waals surface area contributed by atoms with Crippen molar-refractivity contribution in [1.29, 1.82) is 0 Å². The van der Waals surface area contributed by atoms with E-state index in [1.807, 2.05) is 6.07 Å². The fraction of sp³-hybridized carbons (Fsp3) is 0.385. The first-order chi connectivity index (χ1) is 5.75. The second-order valence-electron chi connectivity index (χ2n) is 3.14. The van der Waals surface area contributed by atoms with Crippen molar-refractivity contribution < 1.29 is 0 Å². The SMILES string of the molecule is C.C=C(CC)C(C)c1ccccc1. The van der Waals surface area contributed by atoms with Crippen LogP contribution in [0.4, 0.5) is 0 Å². The third-order valence-electron chi connectivity index (χ3n) is 2.37. The Kier molecular flexibility index (Phi) is 5.13. The monoisotopic (exact) mass is 176 g/mol. The summed E-state index contributed by atoms with van der Waals surface area (Å²) in [4.78, 5) is 0. The van der Waals surface area contributed by atoms with E-state index < -0.39 is 0 Å². The molecule has 1 aromatic carbocycles. The van der Waals surface area contributed by atoms with Crippen molar-refractivity contribution in [2.75, 3.05) is 0 Å². The van der Waals surface area contributed by atoms with E-state index in [1.54, 1.807) is 0 Å². The van der Waals surface area contributed by atoms with Gasteiger partial charge in [0.2, 0.25) is 0 Å². The summed E-state index contributed by atoms with van der Waals surface area (Å²) >= 11 is 0. The zero-order valence-electron chi connectivity index (χ0n) is 7.88. The molecule has 0 spiro atoms. The van der Waals surface area contributed by atoms with Gasteiger partial charge < -0.3 is 0 Å². The molecule has 0 N–H and O–H groups in total. The van der Waals surface area contributed by atoms with Crippen LogP contribution in [0, 0.1) is 0 Å². The van der Waals surface area contributed by atoms with Gasteiger partial charge in [0.15, 0.2) is 0 Å². The van der Waals surface area contributed by atoms with Crippen molar-refractivity contribution in [3.8, 4) is 0 Å². The minimum atomic E-state index is 0. The van der Waals surface area contributed by atoms with Gasteiger partial charge in [0.05, 0.1) is 0 Å². The third-order valence-corrected chi connectivity index (χ3v) is 2.37. The molecule has 1 aromatic rings. The van der Waals surface area contributed by atoms with Crippen LogP contribution in [0.25, 0.3) is 0 Å². The molecule has 0 aliphatic rings. The number of allylic oxidation sites excluding steroid dienone is 1. The average Bonchev–Trinajstić information content (AvgIpc) is 2.17. The van der Waals surface area contributed by atoms with Crippen LogP contribution >= 0.6 is 0 Å². The summed E-state index contributed by atoms with van der Waals surface area (Å²) in [6.07, 6.45) is 1.07. The second kappa shape index (κ2) is 5.58. The summed E-state index contributed by atoms with van der Waals surface area (Å²) in [5, 5.41) is 0. The Bertz CT molecular complexity index is 246. The molecule has 0 bridgehead atoms. The fourth-order valence-corrected chi connectivity index (χ4v) is 1.28. The highest BCUT2D eigenvalue weighted by Gasteiger charge is 2.05. The molecule has 0 fully saturated rings. The van der Waals surface area contributed by atoms with Gasteiger partial charge in [0.1, 0.15) is 0 Å². The Morgan fingerprint density at radius 1 is 1.31 bits per heavy atom. The molecule has 13 heavy (non-hydrogen) atoms. The number of hydrogen-bond donors (Lipinski definition) is 0. The topological polar surface area (TPSA) is 0 Å². The highest BCUT2D eigenvalue weighted by atomic mass is 14.1. The van der Waals surface area contributed by atoms with Crippen molar-refractivity contribution in [3.63, 3.8) is 0 Å². The molecule has 0 nitrogen and oxygen atoms in total. The standard InChI is InChI=1S/C12H16.CH4/c1-4-10(2)11(3)12-8-6-5-7-9-12;/h5-9,11H,2,4H2,1,3H3;1H4. The zero-order chi connectivity index (χ0) is 8.97. The normalized spacial score (nSPS) is 11.5. The van der Waals surface area contributed by atoms with Crippen molar-refractivity contribution in [2.24, 2.45) is 0 Å². The van der Waals surface area contributed by atoms with Crippen LogP contribution in [0.3, 0.4) is 0 Å². The molecule has 1 unspecified atom stereocenters. The van der Waals surface area contributed by atoms with Crippen LogP contribution in [0.1, 0.15) is 39.2 Å². The molecule has 0 heteroatoms. The van der Waals surface area contributed by atoms with Crippen molar-refractivity contribution >= 4 is 0 Å². The van der Waals surface area contributed by atoms with Gasteiger partial charge in [-0.15, -0.1) is 0 Å². The van der Waals surface area contributed by atoms with Crippen LogP contribution in [-0.4, -0.2) is 0 Å². The first kappa shape index (κ1) is 12.0. The van der Waals surface area contributed by atoms with Crippen LogP contribution in [-0.2, 0) is 0 Å². The summed E-state index contributed by atoms with van der Waals surface area (Å²) in [7, 11) is 0. The van der Waals surface area contributed by atoms with Crippen molar-refractivity contribution in [3.05, 3.63) is 48.0 Å². The van der Waals surface area contributed by atoms with E-state index >= 15 is 0 Å². The van der Waals surface area contributed by atoms with E-state index in [0.717, 1.165) is 6.42 Å². The van der Waals surface area contributed by atoms with Crippen molar-refractivity contribution in [2.45, 2.75) is 33.6 Å². The molecule has 72 valence electrons. The number of benzene rings is 1. The van der Waals surface area contributed by atoms with Gasteiger partial charge >= 0.3 is 0 Å². The lowest BCUT2D eigenvalue weighted by atomic mass is 9.93. The Balaban J connectivity index is 0.00000144. The predicted molar refractivity (Wildman–Crippen MR) is 61.0 cm³/mol. The van der Waals surface area contributed by atoms with Gasteiger partial charge in [-0.1, -0.05) is 63.8 Å². The van der Waals surface area contributed by atoms with E-state index in [9.17, 15) is 0 Å². The van der Waals surface area contributed by atoms with Crippen molar-refractivity contribution in [1.82, 2.24) is 0 Å². The molecular weight excluding hydrogens is 156 g/mol. The summed E-state index contributed by atoms with van der Waals surface area (Å²) in [5.41, 5.74) is 2.67. The molecule has 0 aliphatic heterocycles. The van der Waals surface area contributed by atoms with E-state index in [2.05, 4.69) is 44.7 Å². The van der Waals surface area contributed by atoms with Crippen LogP contribution in [0.5, 0.6) is 0 Å². The van der Waals surface area contributed by atoms with Crippen LogP contribution in [0.15, 0.2) is 42.5 Å². The summed E-state index contributed by atoms with van der Waals surface area (Å²) in [5.74, 6) is 0.496. The maximum absolute atomic E-state index is 4.05. The van der Waals surface area contributed by atoms with E-state index in [1.165, 1.54) is 11.1 Å². The summed E-state index contributed by atoms with van der Waals surface area (Å²) in [6, 6.07) is 10.5. The van der Waals surface area contributed by atoms with Gasteiger partial charge in [-0.25, -0.2) is 0 Å². The molecule has 0 saturated carbocycles. The van der Waals surface area contributed by atoms with Gasteiger partial charge in [-0.05, 0) is 12.0 Å². The lowest BCUT2D eigenvalue weighted by molar-refractivity contribution is 0.843. The van der Waals surface area contributed by atoms with E-state index in [-0.39, 0.29) is 7.43 Å². The Morgan fingerprint density at radius 3 is 2.31 bits per heavy atom. The van der Waals surface area contributed by atoms with Gasteiger partial charge in [-0.2, -0.15) is 0 Å². The minimum Gasteiger partial charge on any atom is -0.0993 e. The Hall–Kier alpha value is -1.04. The highest BCUT2D eigenvalue weighted by molar-refractivity contribution is 5.26. The largest absolute Gasteiger partial charge is 0.0993 e. The van der Waals surface area contributed by atoms with Crippen LogP contribution < -0.4 is 0 Å². The third kappa shape index (κ3) is 3.06. The van der Waals surface area contributed by atoms with Gasteiger partial charge in [-0.3, -0.25) is 0 Å². The lowest BCUT2D eigenvalue weighted by Crippen LogP contribution is -1.95. The van der Waals surface area contributed by atoms with E-state index in [0.29, 0.717) is 5.92 Å². The van der Waals surface area contributed by atoms with Gasteiger partial charge in [0.25, 0.3) is 0 Å². The average molecular weight is 176 g/mol.